The van der Waals surface area contributed by atoms with Crippen LogP contribution in [0.1, 0.15) is 28.2 Å². The fourth-order valence-electron chi connectivity index (χ4n) is 4.06. The number of aryl methyl sites for hydroxylation is 1. The molecule has 156 valence electrons. The van der Waals surface area contributed by atoms with Crippen molar-refractivity contribution < 1.29 is 9.53 Å². The van der Waals surface area contributed by atoms with Crippen molar-refractivity contribution in [3.63, 3.8) is 0 Å². The number of methoxy groups -OCH3 is 1. The topological polar surface area (TPSA) is 48.9 Å². The molecular weight excluding hydrogens is 384 g/mol. The number of likely N-dealkylation sites (tertiary alicyclic amines) is 1. The summed E-state index contributed by atoms with van der Waals surface area (Å²) in [5, 5.41) is 0.887. The molecule has 0 aliphatic carbocycles. The van der Waals surface area contributed by atoms with Gasteiger partial charge in [0.25, 0.3) is 5.91 Å². The number of thiazole rings is 1. The molecule has 1 aromatic carbocycles. The molecule has 2 aliphatic heterocycles. The molecule has 1 amide bonds. The number of amides is 1. The number of piperazine rings is 1. The zero-order valence-electron chi connectivity index (χ0n) is 17.4. The lowest BCUT2D eigenvalue weighted by molar-refractivity contribution is 0.0630. The molecule has 0 unspecified atom stereocenters. The minimum absolute atomic E-state index is 0.124. The Hall–Kier alpha value is -1.96. The molecule has 0 spiro atoms. The lowest BCUT2D eigenvalue weighted by atomic mass is 10.2. The highest BCUT2D eigenvalue weighted by molar-refractivity contribution is 7.17. The van der Waals surface area contributed by atoms with Crippen LogP contribution in [0.5, 0.6) is 5.75 Å². The van der Waals surface area contributed by atoms with E-state index >= 15 is 0 Å². The average molecular weight is 415 g/mol. The molecule has 2 fully saturated rings. The predicted molar refractivity (Wildman–Crippen MR) is 117 cm³/mol. The van der Waals surface area contributed by atoms with Crippen LogP contribution in [0.25, 0.3) is 10.6 Å². The smallest absolute Gasteiger partial charge is 0.265 e. The largest absolute Gasteiger partial charge is 0.497 e. The maximum atomic E-state index is 13.1. The van der Waals surface area contributed by atoms with Gasteiger partial charge in [-0.25, -0.2) is 4.98 Å². The lowest BCUT2D eigenvalue weighted by Crippen LogP contribution is -2.50. The van der Waals surface area contributed by atoms with Crippen LogP contribution in [0.4, 0.5) is 0 Å². The molecule has 1 aromatic heterocycles. The van der Waals surface area contributed by atoms with Crippen LogP contribution in [0, 0.1) is 6.92 Å². The predicted octanol–water partition coefficient (Wildman–Crippen LogP) is 2.98. The van der Waals surface area contributed by atoms with Gasteiger partial charge in [-0.1, -0.05) is 0 Å². The van der Waals surface area contributed by atoms with Crippen molar-refractivity contribution in [3.05, 3.63) is 34.8 Å². The number of aromatic nitrogens is 1. The number of nitrogens with zero attached hydrogens (tertiary/aromatic N) is 4. The first-order valence-electron chi connectivity index (χ1n) is 10.5. The zero-order valence-corrected chi connectivity index (χ0v) is 18.2. The third kappa shape index (κ3) is 4.79. The van der Waals surface area contributed by atoms with Crippen LogP contribution in [0.2, 0.25) is 0 Å². The third-order valence-electron chi connectivity index (χ3n) is 5.92. The minimum atomic E-state index is 0.124. The second kappa shape index (κ2) is 9.24. The van der Waals surface area contributed by atoms with E-state index in [2.05, 4.69) is 14.8 Å². The van der Waals surface area contributed by atoms with E-state index in [0.717, 1.165) is 66.2 Å². The molecule has 0 saturated carbocycles. The minimum Gasteiger partial charge on any atom is -0.497 e. The molecule has 7 heteroatoms. The van der Waals surface area contributed by atoms with Crippen molar-refractivity contribution in [1.82, 2.24) is 19.7 Å². The Labute approximate surface area is 177 Å². The normalized spacial score (nSPS) is 18.3. The molecule has 0 bridgehead atoms. The van der Waals surface area contributed by atoms with E-state index in [1.54, 1.807) is 7.11 Å². The maximum absolute atomic E-state index is 13.1. The maximum Gasteiger partial charge on any atom is 0.265 e. The van der Waals surface area contributed by atoms with Crippen LogP contribution in [0.15, 0.2) is 24.3 Å². The summed E-state index contributed by atoms with van der Waals surface area (Å²) >= 11 is 1.49. The van der Waals surface area contributed by atoms with Gasteiger partial charge in [-0.05, 0) is 57.1 Å². The molecule has 29 heavy (non-hydrogen) atoms. The number of hydrogen-bond donors (Lipinski definition) is 0. The number of benzene rings is 1. The lowest BCUT2D eigenvalue weighted by Gasteiger charge is -2.35. The molecule has 2 saturated heterocycles. The summed E-state index contributed by atoms with van der Waals surface area (Å²) in [6.45, 7) is 10.2. The van der Waals surface area contributed by atoms with Crippen LogP contribution in [-0.2, 0) is 0 Å². The summed E-state index contributed by atoms with van der Waals surface area (Å²) in [5.41, 5.74) is 1.84. The summed E-state index contributed by atoms with van der Waals surface area (Å²) in [6.07, 6.45) is 2.68. The van der Waals surface area contributed by atoms with E-state index in [0.29, 0.717) is 0 Å². The van der Waals surface area contributed by atoms with Gasteiger partial charge in [0.15, 0.2) is 0 Å². The van der Waals surface area contributed by atoms with E-state index in [4.69, 9.17) is 4.74 Å². The SMILES string of the molecule is COc1ccc(-c2nc(C)c(C(=O)N3CCN(CCN4CCCC4)CC3)s2)cc1. The van der Waals surface area contributed by atoms with E-state index in [1.807, 2.05) is 36.1 Å². The molecule has 2 aliphatic rings. The highest BCUT2D eigenvalue weighted by Gasteiger charge is 2.26. The summed E-state index contributed by atoms with van der Waals surface area (Å²) in [6, 6.07) is 7.83. The molecule has 3 heterocycles. The number of ether oxygens (including phenoxy) is 1. The van der Waals surface area contributed by atoms with Crippen LogP contribution >= 0.6 is 11.3 Å². The van der Waals surface area contributed by atoms with E-state index in [9.17, 15) is 4.79 Å². The van der Waals surface area contributed by atoms with Gasteiger partial charge in [0.1, 0.15) is 15.6 Å². The van der Waals surface area contributed by atoms with Crippen LogP contribution in [-0.4, -0.2) is 85.1 Å². The number of carbonyl (C=O) groups is 1. The monoisotopic (exact) mass is 414 g/mol. The fraction of sp³-hybridized carbons (Fsp3) is 0.545. The Morgan fingerprint density at radius 2 is 1.62 bits per heavy atom. The number of hydrogen-bond acceptors (Lipinski definition) is 6. The summed E-state index contributed by atoms with van der Waals surface area (Å²) in [5.74, 6) is 0.944. The van der Waals surface area contributed by atoms with Crippen LogP contribution < -0.4 is 4.74 Å². The quantitative estimate of drug-likeness (QED) is 0.727. The Morgan fingerprint density at radius 3 is 2.24 bits per heavy atom. The molecule has 0 N–H and O–H groups in total. The molecule has 4 rings (SSSR count). The molecule has 6 nitrogen and oxygen atoms in total. The second-order valence-electron chi connectivity index (χ2n) is 7.84. The van der Waals surface area contributed by atoms with Gasteiger partial charge in [0.2, 0.25) is 0 Å². The van der Waals surface area contributed by atoms with Gasteiger partial charge < -0.3 is 14.5 Å². The number of carbonyl (C=O) groups excluding carboxylic acids is 1. The molecule has 0 radical (unpaired) electrons. The van der Waals surface area contributed by atoms with Gasteiger partial charge in [-0.3, -0.25) is 9.69 Å². The molecule has 0 atom stereocenters. The van der Waals surface area contributed by atoms with Crippen molar-refractivity contribution in [2.45, 2.75) is 19.8 Å². The first-order valence-corrected chi connectivity index (χ1v) is 11.3. The Kier molecular flexibility index (Phi) is 6.47. The zero-order chi connectivity index (χ0) is 20.2. The van der Waals surface area contributed by atoms with Gasteiger partial charge in [0.05, 0.1) is 12.8 Å². The van der Waals surface area contributed by atoms with Crippen molar-refractivity contribution in [3.8, 4) is 16.3 Å². The Balaban J connectivity index is 1.34. The highest BCUT2D eigenvalue weighted by Crippen LogP contribution is 2.30. The van der Waals surface area contributed by atoms with Crippen LogP contribution in [0.3, 0.4) is 0 Å². The standard InChI is InChI=1S/C22H30N4O2S/c1-17-20(29-21(23-17)18-5-7-19(28-2)8-6-18)22(27)26-15-13-25(14-16-26)12-11-24-9-3-4-10-24/h5-8H,3-4,9-16H2,1-2H3. The van der Waals surface area contributed by atoms with Gasteiger partial charge >= 0.3 is 0 Å². The van der Waals surface area contributed by atoms with Crippen molar-refractivity contribution >= 4 is 17.2 Å². The summed E-state index contributed by atoms with van der Waals surface area (Å²) < 4.78 is 5.22. The number of rotatable bonds is 6. The molecule has 2 aromatic rings. The van der Waals surface area contributed by atoms with Gasteiger partial charge in [-0.2, -0.15) is 0 Å². The Morgan fingerprint density at radius 1 is 1.00 bits per heavy atom. The fourth-order valence-corrected chi connectivity index (χ4v) is 5.10. The van der Waals surface area contributed by atoms with Gasteiger partial charge in [0, 0.05) is 44.8 Å². The molecular formula is C22H30N4O2S. The highest BCUT2D eigenvalue weighted by atomic mass is 32.1. The van der Waals surface area contributed by atoms with Crippen molar-refractivity contribution in [2.24, 2.45) is 0 Å². The van der Waals surface area contributed by atoms with E-state index in [1.165, 1.54) is 37.3 Å². The Bertz CT molecular complexity index is 822. The third-order valence-corrected chi connectivity index (χ3v) is 7.11. The first kappa shape index (κ1) is 20.3. The van der Waals surface area contributed by atoms with E-state index < -0.39 is 0 Å². The average Bonchev–Trinajstić information content (AvgIpc) is 3.42. The first-order chi connectivity index (χ1) is 14.1. The summed E-state index contributed by atoms with van der Waals surface area (Å²) in [7, 11) is 1.66. The second-order valence-corrected chi connectivity index (χ2v) is 8.84. The van der Waals surface area contributed by atoms with Crippen molar-refractivity contribution in [1.29, 1.82) is 0 Å². The summed E-state index contributed by atoms with van der Waals surface area (Å²) in [4.78, 5) is 25.5. The van der Waals surface area contributed by atoms with Gasteiger partial charge in [-0.15, -0.1) is 11.3 Å². The van der Waals surface area contributed by atoms with E-state index in [-0.39, 0.29) is 5.91 Å². The van der Waals surface area contributed by atoms with Crippen molar-refractivity contribution in [2.75, 3.05) is 59.5 Å².